The molecule has 0 spiro atoms. The smallest absolute Gasteiger partial charge is 0.305 e. The third-order valence-electron chi connectivity index (χ3n) is 2.34. The topological polar surface area (TPSA) is 52.6 Å². The van der Waals surface area contributed by atoms with E-state index in [2.05, 4.69) is 0 Å². The molecule has 98 valence electrons. The van der Waals surface area contributed by atoms with Gasteiger partial charge in [0.15, 0.2) is 0 Å². The Morgan fingerprint density at radius 2 is 1.61 bits per heavy atom. The van der Waals surface area contributed by atoms with Gasteiger partial charge in [0.25, 0.3) is 0 Å². The van der Waals surface area contributed by atoms with Crippen LogP contribution in [-0.4, -0.2) is 18.2 Å². The molecule has 0 unspecified atom stereocenters. The molecule has 0 N–H and O–H groups in total. The molecule has 18 heavy (non-hydrogen) atoms. The van der Waals surface area contributed by atoms with E-state index < -0.39 is 18.2 Å². The van der Waals surface area contributed by atoms with Gasteiger partial charge in [-0.15, -0.1) is 0 Å². The lowest BCUT2D eigenvalue weighted by Crippen LogP contribution is -2.22. The molecular weight excluding hydrogens is 232 g/mol. The quantitative estimate of drug-likeness (QED) is 0.575. The van der Waals surface area contributed by atoms with Crippen LogP contribution in [0.1, 0.15) is 32.3 Å². The van der Waals surface area contributed by atoms with Gasteiger partial charge in [0.2, 0.25) is 6.29 Å². The first kappa shape index (κ1) is 14.2. The second-order valence-corrected chi connectivity index (χ2v) is 4.03. The van der Waals surface area contributed by atoms with Crippen molar-refractivity contribution in [3.8, 4) is 0 Å². The summed E-state index contributed by atoms with van der Waals surface area (Å²) >= 11 is 0. The molecule has 0 saturated carbocycles. The Morgan fingerprint density at radius 1 is 1.06 bits per heavy atom. The van der Waals surface area contributed by atoms with Gasteiger partial charge >= 0.3 is 11.9 Å². The molecule has 0 heterocycles. The highest BCUT2D eigenvalue weighted by molar-refractivity contribution is 5.68. The second-order valence-electron chi connectivity index (χ2n) is 4.03. The molecule has 0 aliphatic rings. The van der Waals surface area contributed by atoms with Crippen LogP contribution in [0.3, 0.4) is 0 Å². The summed E-state index contributed by atoms with van der Waals surface area (Å²) in [5.74, 6) is -0.887. The lowest BCUT2D eigenvalue weighted by atomic mass is 10.1. The molecule has 1 aromatic rings. The van der Waals surface area contributed by atoms with E-state index >= 15 is 0 Å². The molecule has 0 amide bonds. The fraction of sp³-hybridized carbons (Fsp3) is 0.429. The fourth-order valence-electron chi connectivity index (χ4n) is 1.63. The van der Waals surface area contributed by atoms with Crippen LogP contribution < -0.4 is 0 Å². The predicted octanol–water partition coefficient (Wildman–Crippen LogP) is 2.46. The van der Waals surface area contributed by atoms with Crippen molar-refractivity contribution in [1.29, 1.82) is 0 Å². The zero-order valence-electron chi connectivity index (χ0n) is 10.7. The number of hydrogen-bond acceptors (Lipinski definition) is 4. The number of esters is 2. The maximum atomic E-state index is 10.9. The van der Waals surface area contributed by atoms with E-state index in [4.69, 9.17) is 9.47 Å². The lowest BCUT2D eigenvalue weighted by molar-refractivity contribution is -0.185. The second kappa shape index (κ2) is 7.48. The van der Waals surface area contributed by atoms with Gasteiger partial charge in [-0.2, -0.15) is 0 Å². The van der Waals surface area contributed by atoms with Crippen molar-refractivity contribution in [3.05, 3.63) is 35.9 Å². The van der Waals surface area contributed by atoms with Crippen LogP contribution in [0, 0.1) is 0 Å². The van der Waals surface area contributed by atoms with Crippen molar-refractivity contribution in [2.45, 2.75) is 39.4 Å². The van der Waals surface area contributed by atoms with Gasteiger partial charge in [-0.1, -0.05) is 30.3 Å². The van der Waals surface area contributed by atoms with Crippen molar-refractivity contribution in [2.24, 2.45) is 0 Å². The SMILES string of the molecule is CC(=O)OC(CCCc1ccccc1)OC(C)=O. The molecule has 0 aliphatic carbocycles. The van der Waals surface area contributed by atoms with E-state index in [1.54, 1.807) is 0 Å². The number of rotatable bonds is 6. The van der Waals surface area contributed by atoms with Crippen LogP contribution in [0.2, 0.25) is 0 Å². The van der Waals surface area contributed by atoms with Crippen LogP contribution in [-0.2, 0) is 25.5 Å². The minimum atomic E-state index is -0.774. The third kappa shape index (κ3) is 6.03. The number of hydrogen-bond donors (Lipinski definition) is 0. The van der Waals surface area contributed by atoms with Crippen LogP contribution in [0.15, 0.2) is 30.3 Å². The van der Waals surface area contributed by atoms with Gasteiger partial charge in [0.05, 0.1) is 0 Å². The molecule has 0 aromatic heterocycles. The average Bonchev–Trinajstić information content (AvgIpc) is 2.28. The summed E-state index contributed by atoms with van der Waals surface area (Å²) in [4.78, 5) is 21.7. The summed E-state index contributed by atoms with van der Waals surface area (Å²) in [7, 11) is 0. The number of ether oxygens (including phenoxy) is 2. The number of carbonyl (C=O) groups is 2. The summed E-state index contributed by atoms with van der Waals surface area (Å²) in [6.45, 7) is 2.60. The van der Waals surface area contributed by atoms with E-state index in [0.29, 0.717) is 6.42 Å². The largest absolute Gasteiger partial charge is 0.425 e. The first-order chi connectivity index (χ1) is 8.58. The minimum absolute atomic E-state index is 0.444. The Labute approximate surface area is 107 Å². The molecule has 0 radical (unpaired) electrons. The maximum absolute atomic E-state index is 10.9. The summed E-state index contributed by atoms with van der Waals surface area (Å²) in [5, 5.41) is 0. The number of aryl methyl sites for hydroxylation is 1. The Bertz CT molecular complexity index is 370. The highest BCUT2D eigenvalue weighted by Crippen LogP contribution is 2.10. The molecule has 0 atom stereocenters. The first-order valence-corrected chi connectivity index (χ1v) is 5.96. The number of carbonyl (C=O) groups excluding carboxylic acids is 2. The Kier molecular flexibility index (Phi) is 5.91. The zero-order valence-corrected chi connectivity index (χ0v) is 10.7. The van der Waals surface area contributed by atoms with Gasteiger partial charge < -0.3 is 9.47 Å². The first-order valence-electron chi connectivity index (χ1n) is 5.96. The Hall–Kier alpha value is -1.84. The highest BCUT2D eigenvalue weighted by Gasteiger charge is 2.14. The monoisotopic (exact) mass is 250 g/mol. The van der Waals surface area contributed by atoms with Gasteiger partial charge in [0.1, 0.15) is 0 Å². The van der Waals surface area contributed by atoms with Crippen molar-refractivity contribution in [1.82, 2.24) is 0 Å². The summed E-state index contributed by atoms with van der Waals surface area (Å²) in [6, 6.07) is 9.99. The van der Waals surface area contributed by atoms with E-state index in [1.165, 1.54) is 19.4 Å². The van der Waals surface area contributed by atoms with Crippen molar-refractivity contribution in [3.63, 3.8) is 0 Å². The molecular formula is C14H18O4. The molecule has 0 fully saturated rings. The summed E-state index contributed by atoms with van der Waals surface area (Å²) < 4.78 is 9.83. The maximum Gasteiger partial charge on any atom is 0.305 e. The minimum Gasteiger partial charge on any atom is -0.425 e. The number of benzene rings is 1. The highest BCUT2D eigenvalue weighted by atomic mass is 16.7. The van der Waals surface area contributed by atoms with Crippen molar-refractivity contribution < 1.29 is 19.1 Å². The Balaban J connectivity index is 2.37. The molecule has 1 aromatic carbocycles. The van der Waals surface area contributed by atoms with Crippen LogP contribution in [0.25, 0.3) is 0 Å². The predicted molar refractivity (Wildman–Crippen MR) is 66.7 cm³/mol. The van der Waals surface area contributed by atoms with Gasteiger partial charge in [-0.3, -0.25) is 9.59 Å². The summed E-state index contributed by atoms with van der Waals surface area (Å²) in [5.41, 5.74) is 1.21. The van der Waals surface area contributed by atoms with Crippen molar-refractivity contribution >= 4 is 11.9 Å². The standard InChI is InChI=1S/C14H18O4/c1-11(15)17-14(18-12(2)16)10-6-9-13-7-4-3-5-8-13/h3-5,7-8,14H,6,9-10H2,1-2H3. The van der Waals surface area contributed by atoms with Gasteiger partial charge in [0, 0.05) is 20.3 Å². The molecule has 1 rings (SSSR count). The van der Waals surface area contributed by atoms with E-state index in [1.807, 2.05) is 30.3 Å². The normalized spacial score (nSPS) is 10.2. The van der Waals surface area contributed by atoms with Gasteiger partial charge in [-0.25, -0.2) is 0 Å². The molecule has 0 aliphatic heterocycles. The zero-order chi connectivity index (χ0) is 13.4. The van der Waals surface area contributed by atoms with Gasteiger partial charge in [-0.05, 0) is 18.4 Å². The van der Waals surface area contributed by atoms with Crippen LogP contribution in [0.5, 0.6) is 0 Å². The van der Waals surface area contributed by atoms with E-state index in [9.17, 15) is 9.59 Å². The third-order valence-corrected chi connectivity index (χ3v) is 2.34. The van der Waals surface area contributed by atoms with Crippen LogP contribution in [0.4, 0.5) is 0 Å². The fourth-order valence-corrected chi connectivity index (χ4v) is 1.63. The lowest BCUT2D eigenvalue weighted by Gasteiger charge is -2.16. The molecule has 0 bridgehead atoms. The molecule has 4 heteroatoms. The van der Waals surface area contributed by atoms with E-state index in [-0.39, 0.29) is 0 Å². The molecule has 0 saturated heterocycles. The van der Waals surface area contributed by atoms with Crippen molar-refractivity contribution in [2.75, 3.05) is 0 Å². The molecule has 4 nitrogen and oxygen atoms in total. The Morgan fingerprint density at radius 3 is 2.11 bits per heavy atom. The van der Waals surface area contributed by atoms with E-state index in [0.717, 1.165) is 12.8 Å². The average molecular weight is 250 g/mol. The summed E-state index contributed by atoms with van der Waals surface area (Å²) in [6.07, 6.45) is 1.38. The van der Waals surface area contributed by atoms with Crippen LogP contribution >= 0.6 is 0 Å².